The summed E-state index contributed by atoms with van der Waals surface area (Å²) in [6, 6.07) is 0.379. The fourth-order valence-electron chi connectivity index (χ4n) is 1.30. The van der Waals surface area contributed by atoms with Crippen molar-refractivity contribution in [2.45, 2.75) is 6.04 Å². The maximum absolute atomic E-state index is 11.8. The number of nitrogens with zero attached hydrogens (tertiary/aromatic N) is 1. The van der Waals surface area contributed by atoms with E-state index in [1.807, 2.05) is 0 Å². The summed E-state index contributed by atoms with van der Waals surface area (Å²) in [5, 5.41) is 11.7. The fraction of sp³-hybridized carbons (Fsp3) is 0.400. The summed E-state index contributed by atoms with van der Waals surface area (Å²) < 4.78 is 5.95. The van der Waals surface area contributed by atoms with E-state index in [9.17, 15) is 9.59 Å². The zero-order chi connectivity index (χ0) is 13.0. The monoisotopic (exact) mass is 260 g/mol. The molecule has 1 aromatic rings. The molecule has 0 aliphatic carbocycles. The van der Waals surface area contributed by atoms with Crippen LogP contribution in [0.25, 0.3) is 0 Å². The Balaban J connectivity index is 2.78. The van der Waals surface area contributed by atoms with E-state index in [1.54, 1.807) is 13.2 Å². The van der Waals surface area contributed by atoms with Crippen molar-refractivity contribution in [1.29, 1.82) is 0 Å². The molecular formula is C10H13ClN2O4. The highest BCUT2D eigenvalue weighted by Crippen LogP contribution is 2.12. The first kappa shape index (κ1) is 13.5. The molecular weight excluding hydrogens is 248 g/mol. The Morgan fingerprint density at radius 2 is 2.29 bits per heavy atom. The van der Waals surface area contributed by atoms with E-state index >= 15 is 0 Å². The number of aryl methyl sites for hydroxylation is 1. The summed E-state index contributed by atoms with van der Waals surface area (Å²) in [5.41, 5.74) is 0.289. The lowest BCUT2D eigenvalue weighted by molar-refractivity contribution is -0.143. The van der Waals surface area contributed by atoms with E-state index in [0.717, 1.165) is 0 Å². The third-order valence-electron chi connectivity index (χ3n) is 2.18. The second kappa shape index (κ2) is 5.70. The van der Waals surface area contributed by atoms with Crippen LogP contribution in [0.5, 0.6) is 0 Å². The van der Waals surface area contributed by atoms with Gasteiger partial charge in [-0.2, -0.15) is 0 Å². The van der Waals surface area contributed by atoms with Crippen molar-refractivity contribution in [1.82, 2.24) is 9.88 Å². The number of halogens is 1. The lowest BCUT2D eigenvalue weighted by Crippen LogP contribution is -2.44. The first-order valence-electron chi connectivity index (χ1n) is 4.81. The predicted octanol–water partition coefficient (Wildman–Crippen LogP) is -0.0578. The SMILES string of the molecule is COC(=O)C(CO)NC(=O)c1cc(Cl)cn1C. The molecule has 2 N–H and O–H groups in total. The number of methoxy groups -OCH3 is 1. The molecule has 1 heterocycles. The molecule has 1 aromatic heterocycles. The second-order valence-corrected chi connectivity index (χ2v) is 3.82. The summed E-state index contributed by atoms with van der Waals surface area (Å²) in [7, 11) is 2.82. The first-order valence-corrected chi connectivity index (χ1v) is 5.18. The van der Waals surface area contributed by atoms with E-state index < -0.39 is 24.5 Å². The van der Waals surface area contributed by atoms with Crippen molar-refractivity contribution in [3.8, 4) is 0 Å². The molecule has 0 saturated heterocycles. The maximum atomic E-state index is 11.8. The van der Waals surface area contributed by atoms with Gasteiger partial charge in [-0.05, 0) is 6.07 Å². The van der Waals surface area contributed by atoms with Crippen LogP contribution < -0.4 is 5.32 Å². The van der Waals surface area contributed by atoms with Crippen molar-refractivity contribution in [2.75, 3.05) is 13.7 Å². The zero-order valence-electron chi connectivity index (χ0n) is 9.44. The van der Waals surface area contributed by atoms with Gasteiger partial charge >= 0.3 is 5.97 Å². The van der Waals surface area contributed by atoms with Crippen molar-refractivity contribution in [2.24, 2.45) is 7.05 Å². The number of hydrogen-bond acceptors (Lipinski definition) is 4. The van der Waals surface area contributed by atoms with Gasteiger partial charge in [-0.25, -0.2) is 4.79 Å². The second-order valence-electron chi connectivity index (χ2n) is 3.39. The topological polar surface area (TPSA) is 80.6 Å². The number of ether oxygens (including phenoxy) is 1. The molecule has 1 atom stereocenters. The number of nitrogens with one attached hydrogen (secondary N) is 1. The molecule has 0 radical (unpaired) electrons. The molecule has 17 heavy (non-hydrogen) atoms. The van der Waals surface area contributed by atoms with Gasteiger partial charge in [0.15, 0.2) is 6.04 Å². The van der Waals surface area contributed by atoms with Gasteiger partial charge in [0, 0.05) is 13.2 Å². The van der Waals surface area contributed by atoms with Crippen LogP contribution in [-0.2, 0) is 16.6 Å². The lowest BCUT2D eigenvalue weighted by Gasteiger charge is -2.13. The number of amides is 1. The molecule has 7 heteroatoms. The fourth-order valence-corrected chi connectivity index (χ4v) is 1.55. The van der Waals surface area contributed by atoms with Gasteiger partial charge in [0.05, 0.1) is 18.7 Å². The minimum Gasteiger partial charge on any atom is -0.467 e. The number of esters is 1. The average Bonchev–Trinajstić information content (AvgIpc) is 2.64. The van der Waals surface area contributed by atoms with Crippen LogP contribution >= 0.6 is 11.6 Å². The number of aromatic nitrogens is 1. The van der Waals surface area contributed by atoms with Gasteiger partial charge in [-0.15, -0.1) is 0 Å². The Morgan fingerprint density at radius 1 is 1.65 bits per heavy atom. The minimum absolute atomic E-state index is 0.289. The summed E-state index contributed by atoms with van der Waals surface area (Å²) >= 11 is 5.73. The number of carbonyl (C=O) groups excluding carboxylic acids is 2. The van der Waals surface area contributed by atoms with Crippen molar-refractivity contribution in [3.05, 3.63) is 23.0 Å². The zero-order valence-corrected chi connectivity index (χ0v) is 10.2. The Kier molecular flexibility index (Phi) is 4.53. The van der Waals surface area contributed by atoms with Gasteiger partial charge in [-0.1, -0.05) is 11.6 Å². The molecule has 0 aliphatic heterocycles. The standard InChI is InChI=1S/C10H13ClN2O4/c1-13-4-6(11)3-8(13)9(15)12-7(5-14)10(16)17-2/h3-4,7,14H,5H2,1-2H3,(H,12,15). The number of hydrogen-bond donors (Lipinski definition) is 2. The van der Waals surface area contributed by atoms with Crippen LogP contribution in [0.15, 0.2) is 12.3 Å². The molecule has 1 amide bonds. The van der Waals surface area contributed by atoms with Crippen LogP contribution in [0.4, 0.5) is 0 Å². The van der Waals surface area contributed by atoms with Crippen LogP contribution in [-0.4, -0.2) is 41.3 Å². The normalized spacial score (nSPS) is 12.0. The Hall–Kier alpha value is -1.53. The smallest absolute Gasteiger partial charge is 0.330 e. The molecule has 0 bridgehead atoms. The van der Waals surface area contributed by atoms with Gasteiger partial charge < -0.3 is 19.7 Å². The third-order valence-corrected chi connectivity index (χ3v) is 2.38. The molecule has 0 saturated carbocycles. The third kappa shape index (κ3) is 3.21. The molecule has 1 rings (SSSR count). The summed E-state index contributed by atoms with van der Waals surface area (Å²) in [4.78, 5) is 22.9. The summed E-state index contributed by atoms with van der Waals surface area (Å²) in [6.45, 7) is -0.531. The molecule has 0 fully saturated rings. The summed E-state index contributed by atoms with van der Waals surface area (Å²) in [6.07, 6.45) is 1.56. The van der Waals surface area contributed by atoms with Crippen molar-refractivity contribution < 1.29 is 19.4 Å². The Bertz CT molecular complexity index is 430. The molecule has 0 spiro atoms. The number of aliphatic hydroxyl groups excluding tert-OH is 1. The van der Waals surface area contributed by atoms with Gasteiger partial charge in [0.2, 0.25) is 0 Å². The number of rotatable bonds is 4. The van der Waals surface area contributed by atoms with E-state index in [-0.39, 0.29) is 5.69 Å². The van der Waals surface area contributed by atoms with Crippen molar-refractivity contribution in [3.63, 3.8) is 0 Å². The highest BCUT2D eigenvalue weighted by molar-refractivity contribution is 6.31. The quantitative estimate of drug-likeness (QED) is 0.744. The lowest BCUT2D eigenvalue weighted by atomic mass is 10.3. The highest BCUT2D eigenvalue weighted by atomic mass is 35.5. The van der Waals surface area contributed by atoms with E-state index in [2.05, 4.69) is 10.1 Å². The van der Waals surface area contributed by atoms with Crippen LogP contribution in [0.1, 0.15) is 10.5 Å². The van der Waals surface area contributed by atoms with E-state index in [0.29, 0.717) is 5.02 Å². The Morgan fingerprint density at radius 3 is 2.71 bits per heavy atom. The van der Waals surface area contributed by atoms with Crippen LogP contribution in [0, 0.1) is 0 Å². The summed E-state index contributed by atoms with van der Waals surface area (Å²) in [5.74, 6) is -1.22. The molecule has 94 valence electrons. The average molecular weight is 261 g/mol. The highest BCUT2D eigenvalue weighted by Gasteiger charge is 2.22. The largest absolute Gasteiger partial charge is 0.467 e. The molecule has 0 aliphatic rings. The minimum atomic E-state index is -1.08. The molecule has 1 unspecified atom stereocenters. The number of aliphatic hydroxyl groups is 1. The molecule has 6 nitrogen and oxygen atoms in total. The maximum Gasteiger partial charge on any atom is 0.330 e. The Labute approximate surface area is 103 Å². The van der Waals surface area contributed by atoms with E-state index in [4.69, 9.17) is 16.7 Å². The first-order chi connectivity index (χ1) is 7.99. The van der Waals surface area contributed by atoms with Crippen molar-refractivity contribution >= 4 is 23.5 Å². The van der Waals surface area contributed by atoms with E-state index in [1.165, 1.54) is 17.7 Å². The molecule has 0 aromatic carbocycles. The van der Waals surface area contributed by atoms with Gasteiger partial charge in [-0.3, -0.25) is 4.79 Å². The predicted molar refractivity (Wildman–Crippen MR) is 60.8 cm³/mol. The number of carbonyl (C=O) groups is 2. The van der Waals surface area contributed by atoms with Crippen LogP contribution in [0.3, 0.4) is 0 Å². The van der Waals surface area contributed by atoms with Gasteiger partial charge in [0.25, 0.3) is 5.91 Å². The van der Waals surface area contributed by atoms with Crippen LogP contribution in [0.2, 0.25) is 5.02 Å². The van der Waals surface area contributed by atoms with Gasteiger partial charge in [0.1, 0.15) is 5.69 Å².